The molecule has 154 valence electrons. The predicted molar refractivity (Wildman–Crippen MR) is 117 cm³/mol. The summed E-state index contributed by atoms with van der Waals surface area (Å²) in [5, 5.41) is 10.4. The molecule has 30 heavy (non-hydrogen) atoms. The van der Waals surface area contributed by atoms with E-state index in [2.05, 4.69) is 20.9 Å². The van der Waals surface area contributed by atoms with Crippen LogP contribution < -0.4 is 16.0 Å². The van der Waals surface area contributed by atoms with Gasteiger partial charge in [-0.1, -0.05) is 42.0 Å². The van der Waals surface area contributed by atoms with Crippen LogP contribution in [0.5, 0.6) is 0 Å². The summed E-state index contributed by atoms with van der Waals surface area (Å²) in [7, 11) is 0. The van der Waals surface area contributed by atoms with Crippen LogP contribution in [0.3, 0.4) is 0 Å². The molecular formula is C22H22N4O3S. The minimum Gasteiger partial charge on any atom is -0.352 e. The van der Waals surface area contributed by atoms with Gasteiger partial charge in [0.2, 0.25) is 11.8 Å². The molecule has 0 bridgehead atoms. The number of amides is 3. The Labute approximate surface area is 178 Å². The third kappa shape index (κ3) is 5.99. The number of nitrogens with zero attached hydrogens (tertiary/aromatic N) is 1. The fraction of sp³-hybridized carbons (Fsp3) is 0.182. The van der Waals surface area contributed by atoms with Crippen molar-refractivity contribution in [3.8, 4) is 11.3 Å². The number of anilines is 1. The van der Waals surface area contributed by atoms with Gasteiger partial charge < -0.3 is 16.0 Å². The molecule has 3 aromatic rings. The third-order valence-corrected chi connectivity index (χ3v) is 4.99. The van der Waals surface area contributed by atoms with Crippen molar-refractivity contribution >= 4 is 34.2 Å². The molecule has 0 atom stereocenters. The van der Waals surface area contributed by atoms with E-state index in [0.717, 1.165) is 22.4 Å². The number of rotatable bonds is 7. The highest BCUT2D eigenvalue weighted by molar-refractivity contribution is 7.14. The standard InChI is InChI=1S/C22H22N4O3S/c1-14-4-3-5-18(10-14)21(29)24-12-20(28)26-22-25-19(13-30-22)17-8-6-16(7-9-17)11-23-15(2)27/h3-10,13H,11-12H2,1-2H3,(H,23,27)(H,24,29)(H,25,26,28). The van der Waals surface area contributed by atoms with Gasteiger partial charge in [-0.05, 0) is 24.6 Å². The Morgan fingerprint density at radius 3 is 2.50 bits per heavy atom. The summed E-state index contributed by atoms with van der Waals surface area (Å²) in [6.45, 7) is 3.72. The topological polar surface area (TPSA) is 100 Å². The van der Waals surface area contributed by atoms with Crippen molar-refractivity contribution in [1.29, 1.82) is 0 Å². The van der Waals surface area contributed by atoms with Crippen molar-refractivity contribution in [2.45, 2.75) is 20.4 Å². The van der Waals surface area contributed by atoms with Crippen molar-refractivity contribution < 1.29 is 14.4 Å². The van der Waals surface area contributed by atoms with E-state index >= 15 is 0 Å². The Morgan fingerprint density at radius 1 is 1.03 bits per heavy atom. The summed E-state index contributed by atoms with van der Waals surface area (Å²) in [5.41, 5.74) is 4.13. The van der Waals surface area contributed by atoms with E-state index in [1.54, 1.807) is 18.2 Å². The van der Waals surface area contributed by atoms with Crippen LogP contribution in [0.25, 0.3) is 11.3 Å². The van der Waals surface area contributed by atoms with Crippen LogP contribution in [0.4, 0.5) is 5.13 Å². The molecule has 0 aliphatic rings. The van der Waals surface area contributed by atoms with E-state index in [0.29, 0.717) is 17.2 Å². The van der Waals surface area contributed by atoms with E-state index < -0.39 is 0 Å². The van der Waals surface area contributed by atoms with Crippen LogP contribution in [-0.4, -0.2) is 29.3 Å². The molecule has 2 aromatic carbocycles. The molecular weight excluding hydrogens is 400 g/mol. The number of hydrogen-bond acceptors (Lipinski definition) is 5. The lowest BCUT2D eigenvalue weighted by Gasteiger charge is -2.06. The molecule has 0 fully saturated rings. The predicted octanol–water partition coefficient (Wildman–Crippen LogP) is 3.12. The molecule has 7 nitrogen and oxygen atoms in total. The lowest BCUT2D eigenvalue weighted by Crippen LogP contribution is -2.32. The number of hydrogen-bond donors (Lipinski definition) is 3. The van der Waals surface area contributed by atoms with Crippen LogP contribution in [0.1, 0.15) is 28.4 Å². The Bertz CT molecular complexity index is 1060. The summed E-state index contributed by atoms with van der Waals surface area (Å²) >= 11 is 1.31. The zero-order valence-electron chi connectivity index (χ0n) is 16.7. The number of aryl methyl sites for hydroxylation is 1. The van der Waals surface area contributed by atoms with Crippen LogP contribution in [0.2, 0.25) is 0 Å². The van der Waals surface area contributed by atoms with Gasteiger partial charge in [-0.3, -0.25) is 14.4 Å². The molecule has 0 aliphatic heterocycles. The first-order valence-corrected chi connectivity index (χ1v) is 10.2. The monoisotopic (exact) mass is 422 g/mol. The van der Waals surface area contributed by atoms with E-state index in [9.17, 15) is 14.4 Å². The first-order valence-electron chi connectivity index (χ1n) is 9.35. The number of benzene rings is 2. The summed E-state index contributed by atoms with van der Waals surface area (Å²) in [6.07, 6.45) is 0. The van der Waals surface area contributed by atoms with Gasteiger partial charge >= 0.3 is 0 Å². The number of nitrogens with one attached hydrogen (secondary N) is 3. The second-order valence-electron chi connectivity index (χ2n) is 6.74. The second kappa shape index (κ2) is 9.80. The molecule has 0 unspecified atom stereocenters. The molecule has 3 N–H and O–H groups in total. The van der Waals surface area contributed by atoms with E-state index in [1.165, 1.54) is 18.3 Å². The fourth-order valence-corrected chi connectivity index (χ4v) is 3.43. The van der Waals surface area contributed by atoms with Gasteiger partial charge in [0.1, 0.15) is 0 Å². The van der Waals surface area contributed by atoms with Crippen LogP contribution in [0, 0.1) is 6.92 Å². The van der Waals surface area contributed by atoms with Crippen LogP contribution in [0.15, 0.2) is 53.9 Å². The molecule has 1 heterocycles. The number of thiazole rings is 1. The van der Waals surface area contributed by atoms with Gasteiger partial charge in [0, 0.05) is 30.0 Å². The van der Waals surface area contributed by atoms with Gasteiger partial charge in [0.25, 0.3) is 5.91 Å². The Morgan fingerprint density at radius 2 is 1.80 bits per heavy atom. The summed E-state index contributed by atoms with van der Waals surface area (Å²) < 4.78 is 0. The summed E-state index contributed by atoms with van der Waals surface area (Å²) in [5.74, 6) is -0.718. The van der Waals surface area contributed by atoms with Gasteiger partial charge in [-0.25, -0.2) is 4.98 Å². The van der Waals surface area contributed by atoms with E-state index in [4.69, 9.17) is 0 Å². The lowest BCUT2D eigenvalue weighted by molar-refractivity contribution is -0.119. The Balaban J connectivity index is 1.52. The van der Waals surface area contributed by atoms with Crippen molar-refractivity contribution in [3.05, 3.63) is 70.6 Å². The van der Waals surface area contributed by atoms with E-state index in [1.807, 2.05) is 42.6 Å². The number of carbonyl (C=O) groups is 3. The largest absolute Gasteiger partial charge is 0.352 e. The Hall–Kier alpha value is -3.52. The maximum atomic E-state index is 12.1. The van der Waals surface area contributed by atoms with Crippen LogP contribution in [-0.2, 0) is 16.1 Å². The maximum Gasteiger partial charge on any atom is 0.251 e. The van der Waals surface area contributed by atoms with Gasteiger partial charge in [-0.2, -0.15) is 0 Å². The second-order valence-corrected chi connectivity index (χ2v) is 7.60. The molecule has 0 saturated heterocycles. The first kappa shape index (κ1) is 21.2. The molecule has 1 aromatic heterocycles. The minimum absolute atomic E-state index is 0.0750. The van der Waals surface area contributed by atoms with Crippen LogP contribution >= 0.6 is 11.3 Å². The highest BCUT2D eigenvalue weighted by Gasteiger charge is 2.11. The fourth-order valence-electron chi connectivity index (χ4n) is 2.70. The molecule has 0 spiro atoms. The molecule has 0 aliphatic carbocycles. The minimum atomic E-state index is -0.345. The lowest BCUT2D eigenvalue weighted by atomic mass is 10.1. The summed E-state index contributed by atoms with van der Waals surface area (Å²) in [4.78, 5) is 39.7. The summed E-state index contributed by atoms with van der Waals surface area (Å²) in [6, 6.07) is 14.8. The zero-order chi connectivity index (χ0) is 21.5. The first-order chi connectivity index (χ1) is 14.4. The van der Waals surface area contributed by atoms with Gasteiger partial charge in [-0.15, -0.1) is 11.3 Å². The normalized spacial score (nSPS) is 10.3. The van der Waals surface area contributed by atoms with E-state index in [-0.39, 0.29) is 24.3 Å². The number of aromatic nitrogens is 1. The highest BCUT2D eigenvalue weighted by atomic mass is 32.1. The highest BCUT2D eigenvalue weighted by Crippen LogP contribution is 2.25. The zero-order valence-corrected chi connectivity index (χ0v) is 17.5. The SMILES string of the molecule is CC(=O)NCc1ccc(-c2csc(NC(=O)CNC(=O)c3cccc(C)c3)n2)cc1. The molecule has 3 rings (SSSR count). The van der Waals surface area contributed by atoms with Gasteiger partial charge in [0.05, 0.1) is 12.2 Å². The quantitative estimate of drug-likeness (QED) is 0.545. The Kier molecular flexibility index (Phi) is 6.92. The van der Waals surface area contributed by atoms with Crippen molar-refractivity contribution in [2.24, 2.45) is 0 Å². The third-order valence-electron chi connectivity index (χ3n) is 4.23. The maximum absolute atomic E-state index is 12.1. The molecule has 0 radical (unpaired) electrons. The van der Waals surface area contributed by atoms with Crippen molar-refractivity contribution in [2.75, 3.05) is 11.9 Å². The average molecular weight is 423 g/mol. The molecule has 3 amide bonds. The van der Waals surface area contributed by atoms with Crippen molar-refractivity contribution in [3.63, 3.8) is 0 Å². The molecule has 8 heteroatoms. The van der Waals surface area contributed by atoms with Gasteiger partial charge in [0.15, 0.2) is 5.13 Å². The smallest absolute Gasteiger partial charge is 0.251 e. The average Bonchev–Trinajstić information content (AvgIpc) is 3.19. The van der Waals surface area contributed by atoms with Crippen molar-refractivity contribution in [1.82, 2.24) is 15.6 Å². The number of carbonyl (C=O) groups excluding carboxylic acids is 3. The molecule has 0 saturated carbocycles.